The van der Waals surface area contributed by atoms with Crippen LogP contribution in [0.25, 0.3) is 5.69 Å². The van der Waals surface area contributed by atoms with Crippen molar-refractivity contribution in [2.24, 2.45) is 0 Å². The number of hydrogen-bond acceptors (Lipinski definition) is 2. The van der Waals surface area contributed by atoms with E-state index in [1.807, 2.05) is 0 Å². The summed E-state index contributed by atoms with van der Waals surface area (Å²) in [7, 11) is 0. The second-order valence-corrected chi connectivity index (χ2v) is 5.43. The van der Waals surface area contributed by atoms with Crippen molar-refractivity contribution < 1.29 is 8.78 Å². The summed E-state index contributed by atoms with van der Waals surface area (Å²) >= 11 is 0. The molecule has 5 heteroatoms. The van der Waals surface area contributed by atoms with Gasteiger partial charge in [0.2, 0.25) is 0 Å². The Morgan fingerprint density at radius 1 is 1.29 bits per heavy atom. The van der Waals surface area contributed by atoms with Gasteiger partial charge < -0.3 is 9.88 Å². The first-order valence-corrected chi connectivity index (χ1v) is 6.95. The summed E-state index contributed by atoms with van der Waals surface area (Å²) in [5.41, 5.74) is 1.36. The Bertz CT molecular complexity index is 736. The van der Waals surface area contributed by atoms with Gasteiger partial charge in [0.05, 0.1) is 5.69 Å². The zero-order chi connectivity index (χ0) is 15.0. The van der Waals surface area contributed by atoms with Gasteiger partial charge in [0.25, 0.3) is 0 Å². The van der Waals surface area contributed by atoms with E-state index in [4.69, 9.17) is 0 Å². The van der Waals surface area contributed by atoms with Crippen LogP contribution in [0.1, 0.15) is 24.1 Å². The number of nitrogens with zero attached hydrogens (tertiary/aromatic N) is 1. The second kappa shape index (κ2) is 5.41. The number of halogens is 2. The molecule has 1 N–H and O–H groups in total. The Hall–Kier alpha value is -2.01. The zero-order valence-electron chi connectivity index (χ0n) is 11.7. The zero-order valence-corrected chi connectivity index (χ0v) is 11.7. The van der Waals surface area contributed by atoms with E-state index in [1.54, 1.807) is 17.7 Å². The van der Waals surface area contributed by atoms with Gasteiger partial charge in [-0.15, -0.1) is 0 Å². The number of nitrogens with one attached hydrogen (secondary N) is 1. The molecule has 1 aliphatic rings. The van der Waals surface area contributed by atoms with Crippen molar-refractivity contribution in [2.45, 2.75) is 32.4 Å². The average molecular weight is 290 g/mol. The van der Waals surface area contributed by atoms with Gasteiger partial charge in [-0.1, -0.05) is 0 Å². The average Bonchev–Trinajstić information content (AvgIpc) is 3.23. The van der Waals surface area contributed by atoms with Gasteiger partial charge >= 0.3 is 0 Å². The minimum atomic E-state index is -0.650. The van der Waals surface area contributed by atoms with E-state index >= 15 is 0 Å². The lowest BCUT2D eigenvalue weighted by Gasteiger charge is -2.14. The van der Waals surface area contributed by atoms with Gasteiger partial charge in [0.1, 0.15) is 11.6 Å². The molecule has 110 valence electrons. The Balaban J connectivity index is 2.00. The molecular weight excluding hydrogens is 274 g/mol. The molecule has 1 aromatic carbocycles. The third-order valence-electron chi connectivity index (χ3n) is 3.65. The van der Waals surface area contributed by atoms with Gasteiger partial charge in [0.15, 0.2) is 5.43 Å². The van der Waals surface area contributed by atoms with Crippen molar-refractivity contribution in [1.29, 1.82) is 0 Å². The van der Waals surface area contributed by atoms with Crippen LogP contribution in [-0.4, -0.2) is 10.6 Å². The van der Waals surface area contributed by atoms with E-state index in [9.17, 15) is 13.6 Å². The summed E-state index contributed by atoms with van der Waals surface area (Å²) in [5.74, 6) is -1.27. The molecule has 1 aromatic heterocycles. The molecule has 0 spiro atoms. The highest BCUT2D eigenvalue weighted by atomic mass is 19.1. The molecule has 3 nitrogen and oxygen atoms in total. The molecule has 1 aliphatic carbocycles. The number of pyridine rings is 1. The van der Waals surface area contributed by atoms with Crippen LogP contribution in [0.3, 0.4) is 0 Å². The summed E-state index contributed by atoms with van der Waals surface area (Å²) < 4.78 is 28.5. The van der Waals surface area contributed by atoms with E-state index < -0.39 is 11.6 Å². The van der Waals surface area contributed by atoms with Gasteiger partial charge in [-0.3, -0.25) is 4.79 Å². The van der Waals surface area contributed by atoms with Crippen LogP contribution in [0.4, 0.5) is 8.78 Å². The monoisotopic (exact) mass is 290 g/mol. The summed E-state index contributed by atoms with van der Waals surface area (Å²) in [4.78, 5) is 12.0. The summed E-state index contributed by atoms with van der Waals surface area (Å²) in [6.07, 6.45) is 3.89. The van der Waals surface area contributed by atoms with Crippen LogP contribution in [0.15, 0.2) is 35.3 Å². The van der Waals surface area contributed by atoms with Crippen molar-refractivity contribution >= 4 is 0 Å². The van der Waals surface area contributed by atoms with Crippen LogP contribution >= 0.6 is 0 Å². The minimum Gasteiger partial charge on any atom is -0.318 e. The third-order valence-corrected chi connectivity index (χ3v) is 3.65. The van der Waals surface area contributed by atoms with Crippen molar-refractivity contribution in [3.8, 4) is 5.69 Å². The SMILES string of the molecule is Cc1cc(=O)c(CNC2CC2)cn1-c1ccc(F)cc1F. The maximum absolute atomic E-state index is 13.9. The summed E-state index contributed by atoms with van der Waals surface area (Å²) in [5, 5.41) is 3.27. The van der Waals surface area contributed by atoms with Gasteiger partial charge in [0, 0.05) is 42.2 Å². The molecule has 1 saturated carbocycles. The summed E-state index contributed by atoms with van der Waals surface area (Å²) in [6, 6.07) is 5.39. The molecule has 0 saturated heterocycles. The Morgan fingerprint density at radius 3 is 2.71 bits per heavy atom. The van der Waals surface area contributed by atoms with Crippen LogP contribution in [0.5, 0.6) is 0 Å². The predicted molar refractivity (Wildman–Crippen MR) is 76.6 cm³/mol. The number of rotatable bonds is 4. The molecule has 21 heavy (non-hydrogen) atoms. The van der Waals surface area contributed by atoms with E-state index in [2.05, 4.69) is 5.32 Å². The van der Waals surface area contributed by atoms with E-state index in [-0.39, 0.29) is 11.1 Å². The Labute approximate surface area is 121 Å². The molecule has 1 fully saturated rings. The van der Waals surface area contributed by atoms with Crippen LogP contribution in [0.2, 0.25) is 0 Å². The molecular formula is C16H16F2N2O. The van der Waals surface area contributed by atoms with Crippen molar-refractivity contribution in [2.75, 3.05) is 0 Å². The van der Waals surface area contributed by atoms with Crippen LogP contribution in [-0.2, 0) is 6.54 Å². The first-order chi connectivity index (χ1) is 10.0. The highest BCUT2D eigenvalue weighted by Gasteiger charge is 2.20. The van der Waals surface area contributed by atoms with Crippen LogP contribution < -0.4 is 10.7 Å². The lowest BCUT2D eigenvalue weighted by atomic mass is 10.2. The normalized spacial score (nSPS) is 14.4. The summed E-state index contributed by atoms with van der Waals surface area (Å²) in [6.45, 7) is 2.19. The molecule has 0 bridgehead atoms. The topological polar surface area (TPSA) is 34.0 Å². The number of aryl methyl sites for hydroxylation is 1. The number of hydrogen-bond donors (Lipinski definition) is 1. The first kappa shape index (κ1) is 13.9. The standard InChI is InChI=1S/C16H16F2N2O/c1-10-6-16(21)11(8-19-13-3-4-13)9-20(10)15-5-2-12(17)7-14(15)18/h2,5-7,9,13,19H,3-4,8H2,1H3. The number of aromatic nitrogens is 1. The van der Waals surface area contributed by atoms with E-state index in [0.29, 0.717) is 23.8 Å². The maximum atomic E-state index is 13.9. The van der Waals surface area contributed by atoms with Crippen molar-refractivity contribution in [1.82, 2.24) is 9.88 Å². The molecule has 0 aliphatic heterocycles. The quantitative estimate of drug-likeness (QED) is 0.939. The first-order valence-electron chi connectivity index (χ1n) is 6.95. The third kappa shape index (κ3) is 3.03. The molecule has 0 amide bonds. The van der Waals surface area contributed by atoms with Gasteiger partial charge in [-0.05, 0) is 31.9 Å². The van der Waals surface area contributed by atoms with E-state index in [0.717, 1.165) is 18.9 Å². The Morgan fingerprint density at radius 2 is 2.05 bits per heavy atom. The lowest BCUT2D eigenvalue weighted by molar-refractivity contribution is 0.576. The fraction of sp³-hybridized carbons (Fsp3) is 0.312. The minimum absolute atomic E-state index is 0.0700. The van der Waals surface area contributed by atoms with Gasteiger partial charge in [-0.25, -0.2) is 8.78 Å². The molecule has 1 heterocycles. The molecule has 0 radical (unpaired) electrons. The highest BCUT2D eigenvalue weighted by molar-refractivity contribution is 5.37. The molecule has 2 aromatic rings. The largest absolute Gasteiger partial charge is 0.318 e. The molecule has 3 rings (SSSR count). The Kier molecular flexibility index (Phi) is 3.59. The fourth-order valence-electron chi connectivity index (χ4n) is 2.28. The number of benzene rings is 1. The lowest BCUT2D eigenvalue weighted by Crippen LogP contribution is -2.23. The van der Waals surface area contributed by atoms with Crippen molar-refractivity contribution in [3.63, 3.8) is 0 Å². The van der Waals surface area contributed by atoms with Crippen molar-refractivity contribution in [3.05, 3.63) is 63.6 Å². The van der Waals surface area contributed by atoms with E-state index in [1.165, 1.54) is 18.2 Å². The molecule has 0 unspecified atom stereocenters. The second-order valence-electron chi connectivity index (χ2n) is 5.43. The molecule has 0 atom stereocenters. The van der Waals surface area contributed by atoms with Gasteiger partial charge in [-0.2, -0.15) is 0 Å². The fourth-order valence-corrected chi connectivity index (χ4v) is 2.28. The maximum Gasteiger partial charge on any atom is 0.186 e. The smallest absolute Gasteiger partial charge is 0.186 e. The van der Waals surface area contributed by atoms with Crippen LogP contribution in [0, 0.1) is 18.6 Å². The predicted octanol–water partition coefficient (Wildman–Crippen LogP) is 2.68. The highest BCUT2D eigenvalue weighted by Crippen LogP contribution is 2.20.